The van der Waals surface area contributed by atoms with Gasteiger partial charge in [-0.15, -0.1) is 0 Å². The van der Waals surface area contributed by atoms with Crippen molar-refractivity contribution in [2.75, 3.05) is 32.8 Å². The molecule has 1 aromatic heterocycles. The van der Waals surface area contributed by atoms with Crippen LogP contribution in [0.1, 0.15) is 44.1 Å². The molecule has 160 valence electrons. The Morgan fingerprint density at radius 2 is 1.87 bits per heavy atom. The minimum absolute atomic E-state index is 0.213. The van der Waals surface area contributed by atoms with E-state index in [1.54, 1.807) is 6.20 Å². The maximum atomic E-state index is 9.70. The van der Waals surface area contributed by atoms with Crippen LogP contribution in [0.15, 0.2) is 47.6 Å². The highest BCUT2D eigenvalue weighted by Crippen LogP contribution is 2.33. The topological polar surface area (TPSA) is 67.2 Å². The molecule has 1 saturated heterocycles. The molecule has 3 heterocycles. The second kappa shape index (κ2) is 10.4. The van der Waals surface area contributed by atoms with Crippen molar-refractivity contribution in [1.82, 2.24) is 9.88 Å². The Balaban J connectivity index is 1.70. The largest absolute Gasteiger partial charge is 0.490 e. The standard InChI is InChI=1S/C24H31N3O3/c28-18-19-9-8-15-27(17-19)23-20-10-7-14-26-24(20)30-22-12-4-3-11-21(22)29-16-6-2-1-5-13-25-23/h3-4,7,10-12,14,19,28H,1-2,5-6,8-9,13,15-18H2. The Morgan fingerprint density at radius 3 is 2.77 bits per heavy atom. The summed E-state index contributed by atoms with van der Waals surface area (Å²) >= 11 is 0. The van der Waals surface area contributed by atoms with Gasteiger partial charge in [0.1, 0.15) is 5.84 Å². The molecule has 4 rings (SSSR count). The van der Waals surface area contributed by atoms with Gasteiger partial charge in [-0.05, 0) is 62.3 Å². The molecule has 1 N–H and O–H groups in total. The van der Waals surface area contributed by atoms with Gasteiger partial charge in [-0.3, -0.25) is 4.99 Å². The Morgan fingerprint density at radius 1 is 1.00 bits per heavy atom. The number of hydrogen-bond acceptors (Lipinski definition) is 6. The molecule has 0 saturated carbocycles. The number of fused-ring (bicyclic) bond motifs is 2. The van der Waals surface area contributed by atoms with Crippen LogP contribution in [0.4, 0.5) is 0 Å². The number of likely N-dealkylation sites (tertiary alicyclic amines) is 1. The summed E-state index contributed by atoms with van der Waals surface area (Å²) < 4.78 is 12.3. The number of para-hydroxylation sites is 2. The van der Waals surface area contributed by atoms with E-state index in [1.807, 2.05) is 36.4 Å². The number of aliphatic hydroxyl groups excluding tert-OH is 1. The van der Waals surface area contributed by atoms with E-state index in [1.165, 1.54) is 0 Å². The lowest BCUT2D eigenvalue weighted by molar-refractivity contribution is 0.160. The number of aliphatic imine (C=N–C) groups is 1. The lowest BCUT2D eigenvalue weighted by Gasteiger charge is -2.34. The molecular formula is C24H31N3O3. The third-order valence-electron chi connectivity index (χ3n) is 5.72. The molecule has 30 heavy (non-hydrogen) atoms. The van der Waals surface area contributed by atoms with Gasteiger partial charge in [-0.2, -0.15) is 0 Å². The van der Waals surface area contributed by atoms with Crippen molar-refractivity contribution in [2.24, 2.45) is 10.9 Å². The van der Waals surface area contributed by atoms with Crippen molar-refractivity contribution in [2.45, 2.75) is 38.5 Å². The van der Waals surface area contributed by atoms with Crippen molar-refractivity contribution in [3.63, 3.8) is 0 Å². The fraction of sp³-hybridized carbons (Fsp3) is 0.500. The molecular weight excluding hydrogens is 378 g/mol. The predicted octanol–water partition coefficient (Wildman–Crippen LogP) is 4.28. The smallest absolute Gasteiger partial charge is 0.230 e. The Bertz CT molecular complexity index is 855. The molecule has 0 spiro atoms. The van der Waals surface area contributed by atoms with E-state index in [9.17, 15) is 5.11 Å². The van der Waals surface area contributed by atoms with Gasteiger partial charge >= 0.3 is 0 Å². The average Bonchev–Trinajstić information content (AvgIpc) is 2.79. The number of amidine groups is 1. The van der Waals surface area contributed by atoms with Gasteiger partial charge in [-0.1, -0.05) is 18.6 Å². The van der Waals surface area contributed by atoms with Gasteiger partial charge in [0.25, 0.3) is 0 Å². The first kappa shape index (κ1) is 20.7. The number of benzene rings is 1. The zero-order chi connectivity index (χ0) is 20.6. The van der Waals surface area contributed by atoms with Crippen LogP contribution in [-0.2, 0) is 0 Å². The monoisotopic (exact) mass is 409 g/mol. The van der Waals surface area contributed by atoms with Gasteiger partial charge in [0, 0.05) is 32.4 Å². The highest BCUT2D eigenvalue weighted by atomic mass is 16.5. The predicted molar refractivity (Wildman–Crippen MR) is 118 cm³/mol. The molecule has 6 nitrogen and oxygen atoms in total. The van der Waals surface area contributed by atoms with Crippen molar-refractivity contribution in [3.8, 4) is 17.4 Å². The number of hydrogen-bond donors (Lipinski definition) is 1. The second-order valence-electron chi connectivity index (χ2n) is 8.01. The van der Waals surface area contributed by atoms with Crippen LogP contribution >= 0.6 is 0 Å². The van der Waals surface area contributed by atoms with Gasteiger partial charge in [0.05, 0.1) is 12.2 Å². The summed E-state index contributed by atoms with van der Waals surface area (Å²) in [6, 6.07) is 11.7. The van der Waals surface area contributed by atoms with E-state index in [0.29, 0.717) is 18.2 Å². The number of nitrogens with zero attached hydrogens (tertiary/aromatic N) is 3. The normalized spacial score (nSPS) is 20.6. The van der Waals surface area contributed by atoms with Crippen LogP contribution in [0.3, 0.4) is 0 Å². The van der Waals surface area contributed by atoms with Crippen molar-refractivity contribution >= 4 is 5.84 Å². The fourth-order valence-corrected chi connectivity index (χ4v) is 4.10. The number of piperidine rings is 1. The molecule has 0 radical (unpaired) electrons. The van der Waals surface area contributed by atoms with E-state index >= 15 is 0 Å². The third kappa shape index (κ3) is 5.11. The van der Waals surface area contributed by atoms with Crippen LogP contribution in [0.25, 0.3) is 0 Å². The summed E-state index contributed by atoms with van der Waals surface area (Å²) in [5.41, 5.74) is 0.892. The lowest BCUT2D eigenvalue weighted by Crippen LogP contribution is -2.41. The number of aliphatic hydroxyl groups is 1. The summed E-state index contributed by atoms with van der Waals surface area (Å²) in [6.07, 6.45) is 8.19. The van der Waals surface area contributed by atoms with E-state index in [4.69, 9.17) is 14.5 Å². The fourth-order valence-electron chi connectivity index (χ4n) is 4.10. The summed E-state index contributed by atoms with van der Waals surface area (Å²) in [7, 11) is 0. The van der Waals surface area contributed by atoms with Crippen LogP contribution < -0.4 is 9.47 Å². The number of aromatic nitrogens is 1. The van der Waals surface area contributed by atoms with Gasteiger partial charge in [0.15, 0.2) is 11.5 Å². The number of pyridine rings is 1. The molecule has 2 aliphatic heterocycles. The summed E-state index contributed by atoms with van der Waals surface area (Å²) in [5.74, 6) is 3.15. The summed E-state index contributed by atoms with van der Waals surface area (Å²) in [4.78, 5) is 11.8. The van der Waals surface area contributed by atoms with Gasteiger partial charge in [-0.25, -0.2) is 4.98 Å². The molecule has 2 aliphatic rings. The first-order valence-corrected chi connectivity index (χ1v) is 11.1. The van der Waals surface area contributed by atoms with Crippen molar-refractivity contribution < 1.29 is 14.6 Å². The molecule has 0 aliphatic carbocycles. The molecule has 6 heteroatoms. The minimum atomic E-state index is 0.213. The van der Waals surface area contributed by atoms with Crippen molar-refractivity contribution in [3.05, 3.63) is 48.2 Å². The molecule has 1 fully saturated rings. The first-order chi connectivity index (χ1) is 14.8. The third-order valence-corrected chi connectivity index (χ3v) is 5.72. The highest BCUT2D eigenvalue weighted by molar-refractivity contribution is 6.00. The van der Waals surface area contributed by atoms with Crippen LogP contribution in [-0.4, -0.2) is 53.7 Å². The molecule has 1 unspecified atom stereocenters. The highest BCUT2D eigenvalue weighted by Gasteiger charge is 2.25. The number of rotatable bonds is 1. The maximum absolute atomic E-state index is 9.70. The number of ether oxygens (including phenoxy) is 2. The zero-order valence-electron chi connectivity index (χ0n) is 17.5. The molecule has 1 aromatic carbocycles. The second-order valence-corrected chi connectivity index (χ2v) is 8.01. The molecule has 2 aromatic rings. The molecule has 0 bridgehead atoms. The Kier molecular flexibility index (Phi) is 7.19. The summed E-state index contributed by atoms with van der Waals surface area (Å²) in [5, 5.41) is 9.70. The van der Waals surface area contributed by atoms with Gasteiger partial charge in [0.2, 0.25) is 5.88 Å². The van der Waals surface area contributed by atoms with Gasteiger partial charge < -0.3 is 19.5 Å². The Hall–Kier alpha value is -2.60. The van der Waals surface area contributed by atoms with E-state index in [2.05, 4.69) is 9.88 Å². The maximum Gasteiger partial charge on any atom is 0.230 e. The molecule has 0 amide bonds. The zero-order valence-corrected chi connectivity index (χ0v) is 17.5. The quantitative estimate of drug-likeness (QED) is 0.762. The van der Waals surface area contributed by atoms with E-state index in [-0.39, 0.29) is 12.5 Å². The first-order valence-electron chi connectivity index (χ1n) is 11.1. The summed E-state index contributed by atoms with van der Waals surface area (Å²) in [6.45, 7) is 3.42. The van der Waals surface area contributed by atoms with Crippen molar-refractivity contribution in [1.29, 1.82) is 0 Å². The SMILES string of the molecule is OCC1CCCN(C2=NCCCCCCOc3ccccc3Oc3ncccc32)C1. The van der Waals surface area contributed by atoms with Crippen LogP contribution in [0.2, 0.25) is 0 Å². The Labute approximate surface area is 178 Å². The molecule has 1 atom stereocenters. The lowest BCUT2D eigenvalue weighted by atomic mass is 9.98. The van der Waals surface area contributed by atoms with E-state index < -0.39 is 0 Å². The van der Waals surface area contributed by atoms with Crippen LogP contribution in [0.5, 0.6) is 17.4 Å². The average molecular weight is 410 g/mol. The van der Waals surface area contributed by atoms with E-state index in [0.717, 1.165) is 75.3 Å². The van der Waals surface area contributed by atoms with Crippen LogP contribution in [0, 0.1) is 5.92 Å². The minimum Gasteiger partial charge on any atom is -0.490 e.